The largest absolute Gasteiger partial charge is 0.373 e. The summed E-state index contributed by atoms with van der Waals surface area (Å²) in [5, 5.41) is 9.38. The van der Waals surface area contributed by atoms with Gasteiger partial charge in [-0.3, -0.25) is 9.36 Å². The second-order valence-corrected chi connectivity index (χ2v) is 7.22. The molecule has 0 heterocycles. The van der Waals surface area contributed by atoms with Gasteiger partial charge in [0.05, 0.1) is 19.6 Å². The maximum absolute atomic E-state index is 13.0. The van der Waals surface area contributed by atoms with Gasteiger partial charge in [0.1, 0.15) is 5.78 Å². The van der Waals surface area contributed by atoms with Crippen molar-refractivity contribution in [3.63, 3.8) is 0 Å². The third-order valence-corrected chi connectivity index (χ3v) is 5.62. The average Bonchev–Trinajstić information content (AvgIpc) is 2.39. The van der Waals surface area contributed by atoms with Gasteiger partial charge in [0, 0.05) is 5.02 Å². The summed E-state index contributed by atoms with van der Waals surface area (Å²) >= 11 is 5.82. The summed E-state index contributed by atoms with van der Waals surface area (Å²) in [5.74, 6) is -0.327. The molecule has 118 valence electrons. The first-order chi connectivity index (χ1) is 9.79. The Labute approximate surface area is 129 Å². The molecule has 0 fully saturated rings. The Hall–Kier alpha value is -0.710. The minimum absolute atomic E-state index is 0.0884. The summed E-state index contributed by atoms with van der Waals surface area (Å²) in [6, 6.07) is 6.11. The van der Waals surface area contributed by atoms with E-state index in [1.165, 1.54) is 19.1 Å². The van der Waals surface area contributed by atoms with Crippen LogP contribution in [-0.2, 0) is 23.7 Å². The lowest BCUT2D eigenvalue weighted by Crippen LogP contribution is -2.30. The third kappa shape index (κ3) is 4.15. The van der Waals surface area contributed by atoms with Crippen molar-refractivity contribution in [3.05, 3.63) is 34.9 Å². The molecule has 0 saturated carbocycles. The molecule has 5 nitrogen and oxygen atoms in total. The average molecular weight is 335 g/mol. The van der Waals surface area contributed by atoms with Crippen LogP contribution in [0.4, 0.5) is 0 Å². The van der Waals surface area contributed by atoms with Crippen molar-refractivity contribution in [1.82, 2.24) is 0 Å². The number of Topliss-reactive ketones (excluding diaryl/α,β-unsaturated/α-hetero) is 1. The fourth-order valence-corrected chi connectivity index (χ4v) is 4.20. The molecule has 21 heavy (non-hydrogen) atoms. The van der Waals surface area contributed by atoms with Gasteiger partial charge in [0.2, 0.25) is 0 Å². The molecule has 0 amide bonds. The van der Waals surface area contributed by atoms with E-state index in [-0.39, 0.29) is 31.0 Å². The molecule has 0 saturated heterocycles. The number of aliphatic hydroxyl groups is 1. The third-order valence-electron chi connectivity index (χ3n) is 2.85. The summed E-state index contributed by atoms with van der Waals surface area (Å²) in [7, 11) is -3.94. The Morgan fingerprint density at radius 3 is 2.10 bits per heavy atom. The van der Waals surface area contributed by atoms with E-state index in [4.69, 9.17) is 20.6 Å². The van der Waals surface area contributed by atoms with E-state index >= 15 is 0 Å². The van der Waals surface area contributed by atoms with Crippen molar-refractivity contribution >= 4 is 25.0 Å². The summed E-state index contributed by atoms with van der Waals surface area (Å²) in [6.07, 6.45) is -0.369. The number of hydrogen-bond donors (Lipinski definition) is 1. The topological polar surface area (TPSA) is 72.8 Å². The summed E-state index contributed by atoms with van der Waals surface area (Å²) in [5.41, 5.74) is 0.271. The maximum Gasteiger partial charge on any atom is 0.366 e. The lowest BCUT2D eigenvalue weighted by atomic mass is 10.0. The van der Waals surface area contributed by atoms with Crippen molar-refractivity contribution in [2.24, 2.45) is 0 Å². The predicted molar refractivity (Wildman–Crippen MR) is 81.5 cm³/mol. The number of carbonyl (C=O) groups is 1. The van der Waals surface area contributed by atoms with Crippen LogP contribution in [0.5, 0.6) is 0 Å². The van der Waals surface area contributed by atoms with Crippen LogP contribution in [-0.4, -0.2) is 24.1 Å². The smallest absolute Gasteiger partial charge is 0.366 e. The fraction of sp³-hybridized carbons (Fsp3) is 0.500. The monoisotopic (exact) mass is 334 g/mol. The molecule has 0 aromatic heterocycles. The number of benzene rings is 1. The first-order valence-corrected chi connectivity index (χ1v) is 8.58. The van der Waals surface area contributed by atoms with Gasteiger partial charge in [-0.1, -0.05) is 23.7 Å². The van der Waals surface area contributed by atoms with Gasteiger partial charge >= 0.3 is 7.60 Å². The highest BCUT2D eigenvalue weighted by Crippen LogP contribution is 2.65. The van der Waals surface area contributed by atoms with Gasteiger partial charge in [-0.25, -0.2) is 0 Å². The van der Waals surface area contributed by atoms with Crippen molar-refractivity contribution in [2.75, 3.05) is 13.2 Å². The molecular formula is C14H20ClO5P. The number of halogens is 1. The molecule has 1 unspecified atom stereocenters. The highest BCUT2D eigenvalue weighted by atomic mass is 35.5. The maximum atomic E-state index is 13.0. The first-order valence-electron chi connectivity index (χ1n) is 6.66. The number of hydrogen-bond acceptors (Lipinski definition) is 5. The van der Waals surface area contributed by atoms with Crippen LogP contribution in [0.15, 0.2) is 24.3 Å². The minimum Gasteiger partial charge on any atom is -0.373 e. The van der Waals surface area contributed by atoms with E-state index in [1.807, 2.05) is 0 Å². The molecule has 7 heteroatoms. The van der Waals surface area contributed by atoms with Crippen LogP contribution in [0.3, 0.4) is 0 Å². The van der Waals surface area contributed by atoms with Crippen molar-refractivity contribution in [1.29, 1.82) is 0 Å². The van der Waals surface area contributed by atoms with Crippen LogP contribution in [0.25, 0.3) is 0 Å². The SMILES string of the molecule is CCOP(=O)(OCC)C(O)(CC(C)=O)c1ccc(Cl)cc1. The lowest BCUT2D eigenvalue weighted by Gasteiger charge is -2.34. The van der Waals surface area contributed by atoms with Gasteiger partial charge in [-0.15, -0.1) is 0 Å². The lowest BCUT2D eigenvalue weighted by molar-refractivity contribution is -0.120. The Morgan fingerprint density at radius 1 is 1.24 bits per heavy atom. The molecule has 0 aliphatic carbocycles. The first kappa shape index (κ1) is 18.3. The number of rotatable bonds is 8. The zero-order valence-corrected chi connectivity index (χ0v) is 14.0. The van der Waals surface area contributed by atoms with Crippen LogP contribution >= 0.6 is 19.2 Å². The van der Waals surface area contributed by atoms with Crippen LogP contribution in [0.1, 0.15) is 32.8 Å². The van der Waals surface area contributed by atoms with Crippen LogP contribution < -0.4 is 0 Å². The van der Waals surface area contributed by atoms with Gasteiger partial charge in [-0.2, -0.15) is 0 Å². The Kier molecular flexibility index (Phi) is 6.57. The van der Waals surface area contributed by atoms with Gasteiger partial charge in [-0.05, 0) is 38.5 Å². The standard InChI is InChI=1S/C14H20ClO5P/c1-4-19-21(18,20-5-2)14(17,10-11(3)16)12-6-8-13(15)9-7-12/h6-9,17H,4-5,10H2,1-3H3. The molecule has 0 radical (unpaired) electrons. The molecular weight excluding hydrogens is 315 g/mol. The summed E-state index contributed by atoms with van der Waals surface area (Å²) in [4.78, 5) is 11.5. The minimum atomic E-state index is -3.94. The van der Waals surface area contributed by atoms with Gasteiger partial charge in [0.25, 0.3) is 0 Å². The number of carbonyl (C=O) groups excluding carboxylic acids is 1. The van der Waals surface area contributed by atoms with E-state index in [2.05, 4.69) is 0 Å². The van der Waals surface area contributed by atoms with Crippen molar-refractivity contribution in [3.8, 4) is 0 Å². The zero-order chi connectivity index (χ0) is 16.1. The van der Waals surface area contributed by atoms with E-state index in [0.29, 0.717) is 5.02 Å². The Morgan fingerprint density at radius 2 is 1.71 bits per heavy atom. The van der Waals surface area contributed by atoms with E-state index in [0.717, 1.165) is 0 Å². The zero-order valence-electron chi connectivity index (χ0n) is 12.3. The summed E-state index contributed by atoms with van der Waals surface area (Å²) in [6.45, 7) is 4.77. The summed E-state index contributed by atoms with van der Waals surface area (Å²) < 4.78 is 23.4. The number of ketones is 1. The highest BCUT2D eigenvalue weighted by Gasteiger charge is 2.51. The quantitative estimate of drug-likeness (QED) is 0.733. The molecule has 1 aromatic carbocycles. The van der Waals surface area contributed by atoms with E-state index in [9.17, 15) is 14.5 Å². The van der Waals surface area contributed by atoms with Crippen LogP contribution in [0.2, 0.25) is 5.02 Å². The molecule has 0 bridgehead atoms. The van der Waals surface area contributed by atoms with E-state index < -0.39 is 12.9 Å². The van der Waals surface area contributed by atoms with Crippen molar-refractivity contribution < 1.29 is 23.5 Å². The predicted octanol–water partition coefficient (Wildman–Crippen LogP) is 3.73. The van der Waals surface area contributed by atoms with Gasteiger partial charge < -0.3 is 14.2 Å². The highest BCUT2D eigenvalue weighted by molar-refractivity contribution is 7.55. The molecule has 1 rings (SSSR count). The molecule has 0 spiro atoms. The Balaban J connectivity index is 3.39. The molecule has 1 aromatic rings. The molecule has 0 aliphatic rings. The molecule has 1 atom stereocenters. The van der Waals surface area contributed by atoms with Gasteiger partial charge in [0.15, 0.2) is 5.34 Å². The second-order valence-electron chi connectivity index (χ2n) is 4.54. The van der Waals surface area contributed by atoms with Crippen LogP contribution in [0, 0.1) is 0 Å². The molecule has 0 aliphatic heterocycles. The fourth-order valence-electron chi connectivity index (χ4n) is 2.01. The van der Waals surface area contributed by atoms with E-state index in [1.54, 1.807) is 26.0 Å². The molecule has 1 N–H and O–H groups in total. The Bertz CT molecular complexity index is 521. The normalized spacial score (nSPS) is 14.7. The van der Waals surface area contributed by atoms with Crippen molar-refractivity contribution in [2.45, 2.75) is 32.5 Å². The second kappa shape index (κ2) is 7.52.